The predicted molar refractivity (Wildman–Crippen MR) is 132 cm³/mol. The number of nitrogens with zero attached hydrogens (tertiary/aromatic N) is 2. The minimum Gasteiger partial charge on any atom is -0.444 e. The Balaban J connectivity index is 1.33. The van der Waals surface area contributed by atoms with Gasteiger partial charge in [0.1, 0.15) is 23.9 Å². The number of amides is 3. The minimum absolute atomic E-state index is 0.00312. The molecule has 192 valence electrons. The highest BCUT2D eigenvalue weighted by Gasteiger charge is 2.57. The van der Waals surface area contributed by atoms with Gasteiger partial charge in [0.05, 0.1) is 12.6 Å². The van der Waals surface area contributed by atoms with Crippen LogP contribution in [-0.2, 0) is 19.7 Å². The zero-order chi connectivity index (χ0) is 25.7. The molecule has 0 saturated carbocycles. The van der Waals surface area contributed by atoms with Gasteiger partial charge in [-0.1, -0.05) is 32.9 Å². The van der Waals surface area contributed by atoms with Gasteiger partial charge in [-0.3, -0.25) is 14.5 Å². The standard InChI is InChI=1S/C27H39N3O5/c1-16-14-19(28-23(31)17-8-10-18(11-9-17)26(2,3)4)24(32)29(16)13-12-20-22-21(34-22)15-30(20)25(33)35-27(5,6)7/h8-11,16,19-22H,12-15H2,1-7H3,(H,28,31)/t16?,19-,20+,21?,22?/m0/s1. The molecule has 0 aliphatic carbocycles. The molecule has 1 aromatic rings. The van der Waals surface area contributed by atoms with Gasteiger partial charge in [-0.05, 0) is 63.6 Å². The molecule has 0 aromatic heterocycles. The maximum atomic E-state index is 13.1. The molecule has 3 amide bonds. The predicted octanol–water partition coefficient (Wildman–Crippen LogP) is 3.48. The normalized spacial score (nSPS) is 28.2. The third-order valence-corrected chi connectivity index (χ3v) is 7.08. The Morgan fingerprint density at radius 1 is 1.11 bits per heavy atom. The van der Waals surface area contributed by atoms with Crippen molar-refractivity contribution in [2.24, 2.45) is 0 Å². The van der Waals surface area contributed by atoms with Gasteiger partial charge >= 0.3 is 6.09 Å². The summed E-state index contributed by atoms with van der Waals surface area (Å²) in [5, 5.41) is 2.92. The molecule has 3 unspecified atom stereocenters. The number of hydrogen-bond acceptors (Lipinski definition) is 5. The van der Waals surface area contributed by atoms with E-state index >= 15 is 0 Å². The summed E-state index contributed by atoms with van der Waals surface area (Å²) in [6.45, 7) is 15.0. The van der Waals surface area contributed by atoms with Crippen LogP contribution in [0, 0.1) is 0 Å². The molecule has 5 atom stereocenters. The van der Waals surface area contributed by atoms with Crippen molar-refractivity contribution in [3.05, 3.63) is 35.4 Å². The van der Waals surface area contributed by atoms with Gasteiger partial charge in [0, 0.05) is 18.2 Å². The van der Waals surface area contributed by atoms with E-state index in [1.165, 1.54) is 0 Å². The van der Waals surface area contributed by atoms with E-state index < -0.39 is 11.6 Å². The van der Waals surface area contributed by atoms with Gasteiger partial charge in [-0.25, -0.2) is 4.79 Å². The molecular weight excluding hydrogens is 446 g/mol. The number of morpholine rings is 1. The fourth-order valence-electron chi connectivity index (χ4n) is 5.07. The molecule has 3 saturated heterocycles. The van der Waals surface area contributed by atoms with Crippen molar-refractivity contribution in [1.82, 2.24) is 15.1 Å². The molecule has 4 rings (SSSR count). The Kier molecular flexibility index (Phi) is 6.64. The third kappa shape index (κ3) is 5.63. The average Bonchev–Trinajstić information content (AvgIpc) is 3.35. The van der Waals surface area contributed by atoms with Crippen molar-refractivity contribution in [3.63, 3.8) is 0 Å². The Labute approximate surface area is 208 Å². The van der Waals surface area contributed by atoms with Crippen molar-refractivity contribution >= 4 is 17.9 Å². The highest BCUT2D eigenvalue weighted by Crippen LogP contribution is 2.39. The maximum absolute atomic E-state index is 13.1. The van der Waals surface area contributed by atoms with Crippen LogP contribution in [0.2, 0.25) is 0 Å². The first kappa shape index (κ1) is 25.5. The van der Waals surface area contributed by atoms with Crippen molar-refractivity contribution in [2.45, 2.75) is 103 Å². The van der Waals surface area contributed by atoms with Crippen LogP contribution in [0.3, 0.4) is 0 Å². The maximum Gasteiger partial charge on any atom is 0.410 e. The number of hydrogen-bond donors (Lipinski definition) is 1. The van der Waals surface area contributed by atoms with Crippen molar-refractivity contribution in [2.75, 3.05) is 13.1 Å². The van der Waals surface area contributed by atoms with Crippen LogP contribution in [-0.4, -0.2) is 76.7 Å². The molecule has 3 aliphatic rings. The Hall–Kier alpha value is -2.61. The van der Waals surface area contributed by atoms with Crippen LogP contribution in [0.1, 0.15) is 77.2 Å². The number of carbonyl (C=O) groups is 3. The quantitative estimate of drug-likeness (QED) is 0.645. The zero-order valence-corrected chi connectivity index (χ0v) is 22.0. The number of likely N-dealkylation sites (tertiary alicyclic amines) is 2. The van der Waals surface area contributed by atoms with E-state index in [0.29, 0.717) is 31.5 Å². The van der Waals surface area contributed by atoms with Crippen LogP contribution in [0.25, 0.3) is 0 Å². The average molecular weight is 486 g/mol. The lowest BCUT2D eigenvalue weighted by Crippen LogP contribution is -2.46. The van der Waals surface area contributed by atoms with E-state index in [2.05, 4.69) is 26.1 Å². The summed E-state index contributed by atoms with van der Waals surface area (Å²) in [6, 6.07) is 6.90. The lowest BCUT2D eigenvalue weighted by Gasteiger charge is -2.31. The van der Waals surface area contributed by atoms with E-state index in [1.807, 2.05) is 56.9 Å². The second-order valence-electron chi connectivity index (χ2n) is 12.1. The molecule has 3 heterocycles. The molecule has 1 N–H and O–H groups in total. The van der Waals surface area contributed by atoms with E-state index in [-0.39, 0.29) is 47.6 Å². The van der Waals surface area contributed by atoms with Crippen LogP contribution in [0.5, 0.6) is 0 Å². The van der Waals surface area contributed by atoms with Crippen molar-refractivity contribution in [3.8, 4) is 0 Å². The number of fused-ring (bicyclic) bond motifs is 1. The molecule has 35 heavy (non-hydrogen) atoms. The van der Waals surface area contributed by atoms with Crippen molar-refractivity contribution < 1.29 is 23.9 Å². The highest BCUT2D eigenvalue weighted by atomic mass is 16.6. The van der Waals surface area contributed by atoms with Gasteiger partial charge < -0.3 is 19.7 Å². The van der Waals surface area contributed by atoms with Gasteiger partial charge in [-0.2, -0.15) is 0 Å². The third-order valence-electron chi connectivity index (χ3n) is 7.08. The zero-order valence-electron chi connectivity index (χ0n) is 22.0. The Morgan fingerprint density at radius 2 is 1.77 bits per heavy atom. The summed E-state index contributed by atoms with van der Waals surface area (Å²) in [7, 11) is 0. The molecule has 1 aromatic carbocycles. The first-order valence-corrected chi connectivity index (χ1v) is 12.6. The lowest BCUT2D eigenvalue weighted by molar-refractivity contribution is -0.130. The molecule has 3 fully saturated rings. The number of nitrogens with one attached hydrogen (secondary N) is 1. The molecule has 3 aliphatic heterocycles. The van der Waals surface area contributed by atoms with E-state index in [1.54, 1.807) is 4.90 Å². The van der Waals surface area contributed by atoms with Gasteiger partial charge in [-0.15, -0.1) is 0 Å². The second-order valence-corrected chi connectivity index (χ2v) is 12.1. The van der Waals surface area contributed by atoms with Crippen LogP contribution < -0.4 is 5.32 Å². The van der Waals surface area contributed by atoms with E-state index in [0.717, 1.165) is 5.56 Å². The summed E-state index contributed by atoms with van der Waals surface area (Å²) >= 11 is 0. The second kappa shape index (κ2) is 9.12. The van der Waals surface area contributed by atoms with Crippen LogP contribution in [0.15, 0.2) is 24.3 Å². The smallest absolute Gasteiger partial charge is 0.410 e. The number of carbonyl (C=O) groups excluding carboxylic acids is 3. The Morgan fingerprint density at radius 3 is 2.37 bits per heavy atom. The number of rotatable bonds is 5. The summed E-state index contributed by atoms with van der Waals surface area (Å²) in [5.41, 5.74) is 1.15. The summed E-state index contributed by atoms with van der Waals surface area (Å²) in [5.74, 6) is -0.314. The molecule has 8 heteroatoms. The van der Waals surface area contributed by atoms with Gasteiger partial charge in [0.15, 0.2) is 0 Å². The molecule has 0 bridgehead atoms. The van der Waals surface area contributed by atoms with Crippen LogP contribution >= 0.6 is 0 Å². The largest absolute Gasteiger partial charge is 0.444 e. The molecule has 0 spiro atoms. The van der Waals surface area contributed by atoms with Crippen molar-refractivity contribution in [1.29, 1.82) is 0 Å². The lowest BCUT2D eigenvalue weighted by atomic mass is 9.86. The minimum atomic E-state index is -0.562. The summed E-state index contributed by atoms with van der Waals surface area (Å²) in [6.07, 6.45) is 0.929. The SMILES string of the molecule is CC1C[C@H](NC(=O)c2ccc(C(C)(C)C)cc2)C(=O)N1CC[C@@H]1C2OC2CN1C(=O)OC(C)(C)C. The fourth-order valence-corrected chi connectivity index (χ4v) is 5.07. The monoisotopic (exact) mass is 485 g/mol. The highest BCUT2D eigenvalue weighted by molar-refractivity contribution is 5.98. The first-order chi connectivity index (χ1) is 16.2. The van der Waals surface area contributed by atoms with Gasteiger partial charge in [0.25, 0.3) is 5.91 Å². The summed E-state index contributed by atoms with van der Waals surface area (Å²) in [4.78, 5) is 42.2. The topological polar surface area (TPSA) is 91.5 Å². The first-order valence-electron chi connectivity index (χ1n) is 12.6. The van der Waals surface area contributed by atoms with Crippen LogP contribution in [0.4, 0.5) is 4.79 Å². The molecule has 8 nitrogen and oxygen atoms in total. The number of epoxide rings is 1. The Bertz CT molecular complexity index is 978. The fraction of sp³-hybridized carbons (Fsp3) is 0.667. The number of ether oxygens (including phenoxy) is 2. The molecule has 0 radical (unpaired) electrons. The summed E-state index contributed by atoms with van der Waals surface area (Å²) < 4.78 is 11.3. The number of benzene rings is 1. The van der Waals surface area contributed by atoms with E-state index in [9.17, 15) is 14.4 Å². The molecular formula is C27H39N3O5. The van der Waals surface area contributed by atoms with E-state index in [4.69, 9.17) is 9.47 Å². The van der Waals surface area contributed by atoms with Gasteiger partial charge in [0.2, 0.25) is 5.91 Å².